The Morgan fingerprint density at radius 1 is 1.25 bits per heavy atom. The lowest BCUT2D eigenvalue weighted by atomic mass is 10.1. The summed E-state index contributed by atoms with van der Waals surface area (Å²) in [6.45, 7) is 13.8. The van der Waals surface area contributed by atoms with Gasteiger partial charge in [0, 0.05) is 63.1 Å². The molecule has 2 heterocycles. The molecule has 2 fully saturated rings. The molecule has 0 aromatic heterocycles. The van der Waals surface area contributed by atoms with Gasteiger partial charge in [0.05, 0.1) is 13.2 Å². The number of hydrogen-bond acceptors (Lipinski definition) is 4. The second-order valence-electron chi connectivity index (χ2n) is 7.63. The molecular formula is C21H34ClN5O. The van der Waals surface area contributed by atoms with Gasteiger partial charge < -0.3 is 20.3 Å². The number of rotatable bonds is 7. The molecule has 2 aliphatic rings. The molecule has 2 aliphatic heterocycles. The quantitative estimate of drug-likeness (QED) is 0.536. The molecule has 0 saturated carbocycles. The summed E-state index contributed by atoms with van der Waals surface area (Å²) in [5.41, 5.74) is 2.54. The molecule has 0 spiro atoms. The standard InChI is InChI=1S/C21H34ClN5O/c1-3-23-21(24-7-9-26-10-12-28-13-11-26)25-15-18-6-8-27(16-18)20-14-19(22)5-4-17(20)2/h4-5,14,18H,3,6-13,15-16H2,1-2H3,(H2,23,24,25). The van der Waals surface area contributed by atoms with Gasteiger partial charge in [0.1, 0.15) is 0 Å². The summed E-state index contributed by atoms with van der Waals surface area (Å²) in [7, 11) is 0. The largest absolute Gasteiger partial charge is 0.379 e. The number of anilines is 1. The van der Waals surface area contributed by atoms with Crippen LogP contribution < -0.4 is 15.5 Å². The van der Waals surface area contributed by atoms with E-state index < -0.39 is 0 Å². The number of nitrogens with zero attached hydrogens (tertiary/aromatic N) is 3. The smallest absolute Gasteiger partial charge is 0.191 e. The van der Waals surface area contributed by atoms with Crippen LogP contribution >= 0.6 is 11.6 Å². The number of morpholine rings is 1. The van der Waals surface area contributed by atoms with Crippen molar-refractivity contribution in [2.45, 2.75) is 20.3 Å². The highest BCUT2D eigenvalue weighted by atomic mass is 35.5. The number of halogens is 1. The van der Waals surface area contributed by atoms with Crippen molar-refractivity contribution in [2.24, 2.45) is 10.9 Å². The Kier molecular flexibility index (Phi) is 8.25. The van der Waals surface area contributed by atoms with E-state index in [4.69, 9.17) is 21.3 Å². The highest BCUT2D eigenvalue weighted by Crippen LogP contribution is 2.29. The monoisotopic (exact) mass is 407 g/mol. The molecule has 6 nitrogen and oxygen atoms in total. The Balaban J connectivity index is 1.47. The molecule has 0 radical (unpaired) electrons. The third kappa shape index (κ3) is 6.26. The van der Waals surface area contributed by atoms with Crippen LogP contribution in [0.25, 0.3) is 0 Å². The lowest BCUT2D eigenvalue weighted by Gasteiger charge is -2.26. The number of guanidine groups is 1. The van der Waals surface area contributed by atoms with E-state index >= 15 is 0 Å². The van der Waals surface area contributed by atoms with Gasteiger partial charge in [-0.25, -0.2) is 0 Å². The van der Waals surface area contributed by atoms with E-state index in [9.17, 15) is 0 Å². The number of ether oxygens (including phenoxy) is 1. The van der Waals surface area contributed by atoms with Gasteiger partial charge in [0.15, 0.2) is 5.96 Å². The van der Waals surface area contributed by atoms with Crippen molar-refractivity contribution in [2.75, 3.05) is 70.5 Å². The van der Waals surface area contributed by atoms with Crippen LogP contribution in [0.15, 0.2) is 23.2 Å². The molecule has 1 aromatic carbocycles. The van der Waals surface area contributed by atoms with E-state index in [1.165, 1.54) is 17.7 Å². The van der Waals surface area contributed by atoms with Gasteiger partial charge in [-0.3, -0.25) is 9.89 Å². The maximum absolute atomic E-state index is 6.20. The summed E-state index contributed by atoms with van der Waals surface area (Å²) in [5.74, 6) is 1.50. The van der Waals surface area contributed by atoms with Crippen LogP contribution in [-0.4, -0.2) is 76.4 Å². The van der Waals surface area contributed by atoms with E-state index in [0.717, 1.165) is 76.6 Å². The summed E-state index contributed by atoms with van der Waals surface area (Å²) < 4.78 is 5.41. The maximum Gasteiger partial charge on any atom is 0.191 e. The van der Waals surface area contributed by atoms with Gasteiger partial charge in [0.2, 0.25) is 0 Å². The highest BCUT2D eigenvalue weighted by Gasteiger charge is 2.23. The fourth-order valence-electron chi connectivity index (χ4n) is 3.84. The number of aryl methyl sites for hydroxylation is 1. The second kappa shape index (κ2) is 10.9. The summed E-state index contributed by atoms with van der Waals surface area (Å²) in [5, 5.41) is 7.65. The Hall–Kier alpha value is -1.50. The SMILES string of the molecule is CCNC(=NCC1CCN(c2cc(Cl)ccc2C)C1)NCCN1CCOCC1. The Labute approximate surface area is 174 Å². The fraction of sp³-hybridized carbons (Fsp3) is 0.667. The van der Waals surface area contributed by atoms with Gasteiger partial charge in [-0.1, -0.05) is 17.7 Å². The van der Waals surface area contributed by atoms with Gasteiger partial charge in [-0.05, 0) is 43.9 Å². The number of nitrogens with one attached hydrogen (secondary N) is 2. The van der Waals surface area contributed by atoms with Crippen molar-refractivity contribution >= 4 is 23.2 Å². The maximum atomic E-state index is 6.20. The third-order valence-electron chi connectivity index (χ3n) is 5.47. The first-order chi connectivity index (χ1) is 13.7. The number of aliphatic imine (C=N–C) groups is 1. The first kappa shape index (κ1) is 21.2. The van der Waals surface area contributed by atoms with E-state index in [1.807, 2.05) is 6.07 Å². The van der Waals surface area contributed by atoms with Crippen molar-refractivity contribution < 1.29 is 4.74 Å². The number of benzene rings is 1. The van der Waals surface area contributed by atoms with Gasteiger partial charge >= 0.3 is 0 Å². The topological polar surface area (TPSA) is 52.1 Å². The first-order valence-corrected chi connectivity index (χ1v) is 10.9. The van der Waals surface area contributed by atoms with E-state index in [1.54, 1.807) is 0 Å². The molecule has 2 N–H and O–H groups in total. The average molecular weight is 408 g/mol. The van der Waals surface area contributed by atoms with Crippen molar-refractivity contribution in [3.8, 4) is 0 Å². The van der Waals surface area contributed by atoms with Crippen LogP contribution in [-0.2, 0) is 4.74 Å². The fourth-order valence-corrected chi connectivity index (χ4v) is 4.01. The van der Waals surface area contributed by atoms with Crippen molar-refractivity contribution in [3.63, 3.8) is 0 Å². The van der Waals surface area contributed by atoms with Crippen molar-refractivity contribution in [1.29, 1.82) is 0 Å². The zero-order valence-corrected chi connectivity index (χ0v) is 18.0. The van der Waals surface area contributed by atoms with E-state index in [2.05, 4.69) is 46.4 Å². The molecule has 0 aliphatic carbocycles. The molecule has 0 bridgehead atoms. The molecule has 7 heteroatoms. The molecule has 2 saturated heterocycles. The first-order valence-electron chi connectivity index (χ1n) is 10.5. The minimum absolute atomic E-state index is 0.577. The molecule has 3 rings (SSSR count). The van der Waals surface area contributed by atoms with Crippen LogP contribution in [0, 0.1) is 12.8 Å². The number of hydrogen-bond donors (Lipinski definition) is 2. The molecule has 1 unspecified atom stereocenters. The molecule has 0 amide bonds. The molecule has 156 valence electrons. The Morgan fingerprint density at radius 3 is 2.86 bits per heavy atom. The molecule has 1 aromatic rings. The summed E-state index contributed by atoms with van der Waals surface area (Å²) in [6, 6.07) is 6.15. The van der Waals surface area contributed by atoms with Crippen LogP contribution in [0.5, 0.6) is 0 Å². The average Bonchev–Trinajstić information content (AvgIpc) is 3.17. The van der Waals surface area contributed by atoms with E-state index in [0.29, 0.717) is 5.92 Å². The predicted molar refractivity (Wildman–Crippen MR) is 118 cm³/mol. The third-order valence-corrected chi connectivity index (χ3v) is 5.71. The zero-order chi connectivity index (χ0) is 19.8. The lowest BCUT2D eigenvalue weighted by Crippen LogP contribution is -2.44. The van der Waals surface area contributed by atoms with Crippen molar-refractivity contribution in [1.82, 2.24) is 15.5 Å². The molecular weight excluding hydrogens is 374 g/mol. The zero-order valence-electron chi connectivity index (χ0n) is 17.2. The minimum atomic E-state index is 0.577. The van der Waals surface area contributed by atoms with Gasteiger partial charge in [0.25, 0.3) is 0 Å². The summed E-state index contributed by atoms with van der Waals surface area (Å²) in [4.78, 5) is 9.72. The van der Waals surface area contributed by atoms with Crippen LogP contribution in [0.4, 0.5) is 5.69 Å². The highest BCUT2D eigenvalue weighted by molar-refractivity contribution is 6.30. The normalized spacial score (nSPS) is 21.2. The lowest BCUT2D eigenvalue weighted by molar-refractivity contribution is 0.0389. The van der Waals surface area contributed by atoms with Crippen LogP contribution in [0.3, 0.4) is 0 Å². The van der Waals surface area contributed by atoms with Gasteiger partial charge in [-0.15, -0.1) is 0 Å². The van der Waals surface area contributed by atoms with E-state index in [-0.39, 0.29) is 0 Å². The predicted octanol–water partition coefficient (Wildman–Crippen LogP) is 2.36. The minimum Gasteiger partial charge on any atom is -0.379 e. The second-order valence-corrected chi connectivity index (χ2v) is 8.07. The summed E-state index contributed by atoms with van der Waals surface area (Å²) >= 11 is 6.20. The Bertz CT molecular complexity index is 648. The van der Waals surface area contributed by atoms with Crippen LogP contribution in [0.1, 0.15) is 18.9 Å². The summed E-state index contributed by atoms with van der Waals surface area (Å²) in [6.07, 6.45) is 1.17. The molecule has 28 heavy (non-hydrogen) atoms. The van der Waals surface area contributed by atoms with Gasteiger partial charge in [-0.2, -0.15) is 0 Å². The van der Waals surface area contributed by atoms with Crippen molar-refractivity contribution in [3.05, 3.63) is 28.8 Å². The Morgan fingerprint density at radius 2 is 2.07 bits per heavy atom. The molecule has 1 atom stereocenters. The van der Waals surface area contributed by atoms with Crippen LogP contribution in [0.2, 0.25) is 5.02 Å².